The van der Waals surface area contributed by atoms with E-state index in [2.05, 4.69) is 72.8 Å². The topological polar surface area (TPSA) is 3.24 Å². The number of benzene rings is 1. The fourth-order valence-corrected chi connectivity index (χ4v) is 2.90. The van der Waals surface area contributed by atoms with Crippen molar-refractivity contribution in [3.8, 4) is 0 Å². The third kappa shape index (κ3) is 8.01. The van der Waals surface area contributed by atoms with Crippen molar-refractivity contribution in [3.05, 3.63) is 34.3 Å². The quantitative estimate of drug-likeness (QED) is 0.448. The Kier molecular flexibility index (Phi) is 8.58. The molecule has 0 bridgehead atoms. The van der Waals surface area contributed by atoms with Crippen molar-refractivity contribution in [2.45, 2.75) is 66.3 Å². The van der Waals surface area contributed by atoms with E-state index in [0.717, 1.165) is 17.6 Å². The lowest BCUT2D eigenvalue weighted by molar-refractivity contribution is 0.206. The highest BCUT2D eigenvalue weighted by molar-refractivity contribution is 9.10. The van der Waals surface area contributed by atoms with Crippen LogP contribution in [0.15, 0.2) is 28.7 Å². The van der Waals surface area contributed by atoms with E-state index >= 15 is 0 Å². The molecule has 0 heterocycles. The minimum absolute atomic E-state index is 0.475. The Balaban J connectivity index is 2.41. The lowest BCUT2D eigenvalue weighted by Crippen LogP contribution is -2.28. The summed E-state index contributed by atoms with van der Waals surface area (Å²) >= 11 is 3.50. The monoisotopic (exact) mass is 353 g/mol. The van der Waals surface area contributed by atoms with Gasteiger partial charge < -0.3 is 0 Å². The molecule has 0 fully saturated rings. The molecule has 0 aliphatic heterocycles. The van der Waals surface area contributed by atoms with E-state index in [0.29, 0.717) is 5.41 Å². The zero-order valence-electron chi connectivity index (χ0n) is 14.3. The lowest BCUT2D eigenvalue weighted by Gasteiger charge is -2.29. The normalized spacial score (nSPS) is 12.1. The summed E-state index contributed by atoms with van der Waals surface area (Å²) in [4.78, 5) is 2.56. The van der Waals surface area contributed by atoms with Crippen LogP contribution in [0.25, 0.3) is 0 Å². The van der Waals surface area contributed by atoms with Crippen LogP contribution < -0.4 is 0 Å². The zero-order valence-corrected chi connectivity index (χ0v) is 15.9. The van der Waals surface area contributed by atoms with Crippen LogP contribution in [-0.2, 0) is 6.54 Å². The molecular formula is C19H32BrN. The van der Waals surface area contributed by atoms with Crippen molar-refractivity contribution in [2.24, 2.45) is 5.41 Å². The minimum Gasteiger partial charge on any atom is -0.299 e. The van der Waals surface area contributed by atoms with Crippen molar-refractivity contribution in [3.63, 3.8) is 0 Å². The summed E-state index contributed by atoms with van der Waals surface area (Å²) in [5.74, 6) is 0. The number of rotatable bonds is 10. The van der Waals surface area contributed by atoms with Crippen LogP contribution >= 0.6 is 15.9 Å². The summed E-state index contributed by atoms with van der Waals surface area (Å²) in [6.45, 7) is 12.8. The van der Waals surface area contributed by atoms with Gasteiger partial charge in [-0.15, -0.1) is 0 Å². The number of nitrogens with zero attached hydrogens (tertiary/aromatic N) is 1. The molecule has 0 radical (unpaired) electrons. The van der Waals surface area contributed by atoms with Gasteiger partial charge in [-0.1, -0.05) is 75.0 Å². The van der Waals surface area contributed by atoms with Gasteiger partial charge in [0.1, 0.15) is 0 Å². The van der Waals surface area contributed by atoms with Gasteiger partial charge in [0.2, 0.25) is 0 Å². The second-order valence-corrected chi connectivity index (χ2v) is 7.78. The van der Waals surface area contributed by atoms with Gasteiger partial charge >= 0.3 is 0 Å². The first-order valence-electron chi connectivity index (χ1n) is 8.43. The highest BCUT2D eigenvalue weighted by Gasteiger charge is 2.18. The van der Waals surface area contributed by atoms with Gasteiger partial charge in [-0.25, -0.2) is 0 Å². The molecule has 0 amide bonds. The van der Waals surface area contributed by atoms with Gasteiger partial charge in [-0.3, -0.25) is 4.90 Å². The van der Waals surface area contributed by atoms with E-state index in [1.54, 1.807) is 0 Å². The molecule has 0 aromatic heterocycles. The van der Waals surface area contributed by atoms with Crippen molar-refractivity contribution in [1.29, 1.82) is 0 Å². The van der Waals surface area contributed by atoms with Gasteiger partial charge in [-0.2, -0.15) is 0 Å². The van der Waals surface area contributed by atoms with Gasteiger partial charge in [0.05, 0.1) is 0 Å². The smallest absolute Gasteiger partial charge is 0.0233 e. The Labute approximate surface area is 140 Å². The lowest BCUT2D eigenvalue weighted by atomic mass is 9.83. The summed E-state index contributed by atoms with van der Waals surface area (Å²) in [7, 11) is 0. The molecule has 120 valence electrons. The van der Waals surface area contributed by atoms with Gasteiger partial charge in [-0.05, 0) is 49.0 Å². The maximum absolute atomic E-state index is 3.50. The molecule has 0 N–H and O–H groups in total. The van der Waals surface area contributed by atoms with Crippen LogP contribution in [0.1, 0.15) is 65.4 Å². The zero-order chi connectivity index (χ0) is 15.7. The van der Waals surface area contributed by atoms with E-state index in [1.807, 2.05) is 0 Å². The van der Waals surface area contributed by atoms with Crippen molar-refractivity contribution < 1.29 is 0 Å². The largest absolute Gasteiger partial charge is 0.299 e. The molecule has 1 rings (SSSR count). The van der Waals surface area contributed by atoms with Gasteiger partial charge in [0.15, 0.2) is 0 Å². The highest BCUT2D eigenvalue weighted by Crippen LogP contribution is 2.28. The van der Waals surface area contributed by atoms with Crippen molar-refractivity contribution in [1.82, 2.24) is 4.90 Å². The molecule has 21 heavy (non-hydrogen) atoms. The molecule has 1 aromatic carbocycles. The molecule has 0 atom stereocenters. The number of hydrogen-bond donors (Lipinski definition) is 0. The summed E-state index contributed by atoms with van der Waals surface area (Å²) in [5, 5.41) is 0. The summed E-state index contributed by atoms with van der Waals surface area (Å²) in [6.07, 6.45) is 6.72. The molecular weight excluding hydrogens is 322 g/mol. The van der Waals surface area contributed by atoms with Gasteiger partial charge in [0.25, 0.3) is 0 Å². The molecule has 0 saturated carbocycles. The molecule has 0 spiro atoms. The first kappa shape index (κ1) is 18.7. The highest BCUT2D eigenvalue weighted by atomic mass is 79.9. The van der Waals surface area contributed by atoms with Crippen LogP contribution in [0.3, 0.4) is 0 Å². The fourth-order valence-electron chi connectivity index (χ4n) is 2.64. The molecule has 1 aromatic rings. The number of hydrogen-bond acceptors (Lipinski definition) is 1. The van der Waals surface area contributed by atoms with Crippen LogP contribution in [0.2, 0.25) is 0 Å². The average molecular weight is 354 g/mol. The van der Waals surface area contributed by atoms with E-state index in [1.165, 1.54) is 44.2 Å². The molecule has 0 unspecified atom stereocenters. The third-order valence-corrected chi connectivity index (χ3v) is 4.86. The summed E-state index contributed by atoms with van der Waals surface area (Å²) in [5.41, 5.74) is 1.88. The first-order chi connectivity index (χ1) is 9.96. The van der Waals surface area contributed by atoms with Crippen LogP contribution in [0.4, 0.5) is 0 Å². The molecule has 0 saturated heterocycles. The second kappa shape index (κ2) is 9.63. The maximum Gasteiger partial charge on any atom is 0.0233 e. The van der Waals surface area contributed by atoms with E-state index in [4.69, 9.17) is 0 Å². The standard InChI is InChI=1S/C19H32BrN/c1-5-7-8-13-19(3,4)14-15-21(6-2)16-17-9-11-18(20)12-10-17/h9-12H,5-8,13-16H2,1-4H3. The predicted molar refractivity (Wildman–Crippen MR) is 97.6 cm³/mol. The molecule has 0 aliphatic carbocycles. The summed E-state index contributed by atoms with van der Waals surface area (Å²) in [6, 6.07) is 8.72. The van der Waals surface area contributed by atoms with Crippen LogP contribution in [-0.4, -0.2) is 18.0 Å². The Morgan fingerprint density at radius 3 is 2.24 bits per heavy atom. The van der Waals surface area contributed by atoms with Crippen molar-refractivity contribution >= 4 is 15.9 Å². The number of halogens is 1. The Morgan fingerprint density at radius 1 is 1.00 bits per heavy atom. The Morgan fingerprint density at radius 2 is 1.67 bits per heavy atom. The SMILES string of the molecule is CCCCCC(C)(C)CCN(CC)Cc1ccc(Br)cc1. The molecule has 2 heteroatoms. The van der Waals surface area contributed by atoms with Gasteiger partial charge in [0, 0.05) is 11.0 Å². The summed E-state index contributed by atoms with van der Waals surface area (Å²) < 4.78 is 1.16. The van der Waals surface area contributed by atoms with E-state index in [9.17, 15) is 0 Å². The molecule has 0 aliphatic rings. The Hall–Kier alpha value is -0.340. The first-order valence-corrected chi connectivity index (χ1v) is 9.23. The predicted octanol–water partition coefficient (Wildman–Crippen LogP) is 6.27. The number of unbranched alkanes of at least 4 members (excludes halogenated alkanes) is 2. The maximum atomic E-state index is 3.50. The van der Waals surface area contributed by atoms with Crippen LogP contribution in [0.5, 0.6) is 0 Å². The van der Waals surface area contributed by atoms with Crippen molar-refractivity contribution in [2.75, 3.05) is 13.1 Å². The second-order valence-electron chi connectivity index (χ2n) is 6.87. The average Bonchev–Trinajstić information content (AvgIpc) is 2.45. The Bertz CT molecular complexity index is 383. The fraction of sp³-hybridized carbons (Fsp3) is 0.684. The third-order valence-electron chi connectivity index (χ3n) is 4.33. The van der Waals surface area contributed by atoms with Crippen LogP contribution in [0, 0.1) is 5.41 Å². The molecule has 1 nitrogen and oxygen atoms in total. The minimum atomic E-state index is 0.475. The van der Waals surface area contributed by atoms with E-state index < -0.39 is 0 Å². The van der Waals surface area contributed by atoms with E-state index in [-0.39, 0.29) is 0 Å².